The van der Waals surface area contributed by atoms with Crippen LogP contribution in [-0.4, -0.2) is 24.4 Å². The molecule has 0 amide bonds. The average molecular weight is 303 g/mol. The molecule has 1 unspecified atom stereocenters. The minimum absolute atomic E-state index is 0.282. The van der Waals surface area contributed by atoms with Crippen LogP contribution < -0.4 is 0 Å². The summed E-state index contributed by atoms with van der Waals surface area (Å²) in [5.74, 6) is -0.00516. The Hall–Kier alpha value is -0.450. The van der Waals surface area contributed by atoms with Crippen molar-refractivity contribution in [2.45, 2.75) is 24.9 Å². The van der Waals surface area contributed by atoms with Crippen LogP contribution in [0.25, 0.3) is 0 Å². The fourth-order valence-corrected chi connectivity index (χ4v) is 2.76. The summed E-state index contributed by atoms with van der Waals surface area (Å²) in [6.45, 7) is 0.297. The first-order valence-corrected chi connectivity index (χ1v) is 6.49. The highest BCUT2D eigenvalue weighted by molar-refractivity contribution is 9.10. The molecule has 1 fully saturated rings. The van der Waals surface area contributed by atoms with Gasteiger partial charge in [0.25, 0.3) is 0 Å². The predicted octanol–water partition coefficient (Wildman–Crippen LogP) is 2.92. The highest BCUT2D eigenvalue weighted by Crippen LogP contribution is 2.41. The molecule has 1 saturated carbocycles. The maximum atomic E-state index is 13.3. The van der Waals surface area contributed by atoms with Gasteiger partial charge in [-0.25, -0.2) is 4.39 Å². The monoisotopic (exact) mass is 302 g/mol. The van der Waals surface area contributed by atoms with E-state index in [1.165, 1.54) is 12.1 Å². The molecule has 0 radical (unpaired) electrons. The number of halogens is 2. The van der Waals surface area contributed by atoms with Gasteiger partial charge in [0.2, 0.25) is 0 Å². The van der Waals surface area contributed by atoms with Gasteiger partial charge in [0.1, 0.15) is 5.82 Å². The molecule has 0 bridgehead atoms. The molecule has 1 atom stereocenters. The second kappa shape index (κ2) is 5.04. The average Bonchev–Trinajstić information content (AvgIpc) is 2.98. The lowest BCUT2D eigenvalue weighted by Crippen LogP contribution is -2.39. The Morgan fingerprint density at radius 2 is 2.18 bits per heavy atom. The molecule has 2 nitrogen and oxygen atoms in total. The number of aliphatic hydroxyl groups is 1. The van der Waals surface area contributed by atoms with Crippen molar-refractivity contribution in [3.63, 3.8) is 0 Å². The van der Waals surface area contributed by atoms with Crippen LogP contribution in [0, 0.1) is 11.7 Å². The lowest BCUT2D eigenvalue weighted by atomic mass is 9.90. The zero-order valence-electron chi connectivity index (χ0n) is 9.75. The van der Waals surface area contributed by atoms with Gasteiger partial charge in [-0.1, -0.05) is 15.9 Å². The molecule has 17 heavy (non-hydrogen) atoms. The third-order valence-corrected chi connectivity index (χ3v) is 3.62. The zero-order valence-corrected chi connectivity index (χ0v) is 11.3. The van der Waals surface area contributed by atoms with Crippen LogP contribution in [0.5, 0.6) is 0 Å². The smallest absolute Gasteiger partial charge is 0.124 e. The van der Waals surface area contributed by atoms with Crippen molar-refractivity contribution in [1.29, 1.82) is 0 Å². The molecule has 4 heteroatoms. The van der Waals surface area contributed by atoms with Crippen molar-refractivity contribution in [2.75, 3.05) is 13.7 Å². The van der Waals surface area contributed by atoms with E-state index in [0.29, 0.717) is 17.5 Å². The normalized spacial score (nSPS) is 19.1. The Labute approximate surface area is 109 Å². The van der Waals surface area contributed by atoms with Crippen LogP contribution in [0.15, 0.2) is 22.7 Å². The van der Waals surface area contributed by atoms with E-state index >= 15 is 0 Å². The Kier molecular flexibility index (Phi) is 3.85. The van der Waals surface area contributed by atoms with E-state index in [0.717, 1.165) is 18.4 Å². The lowest BCUT2D eigenvalue weighted by molar-refractivity contribution is -0.0474. The van der Waals surface area contributed by atoms with Crippen LogP contribution in [0.4, 0.5) is 4.39 Å². The summed E-state index contributed by atoms with van der Waals surface area (Å²) in [5.41, 5.74) is -0.0644. The van der Waals surface area contributed by atoms with E-state index < -0.39 is 5.60 Å². The van der Waals surface area contributed by atoms with Crippen molar-refractivity contribution in [2.24, 2.45) is 5.92 Å². The van der Waals surface area contributed by atoms with Crippen molar-refractivity contribution in [3.05, 3.63) is 34.1 Å². The molecule has 94 valence electrons. The van der Waals surface area contributed by atoms with Crippen molar-refractivity contribution in [3.8, 4) is 0 Å². The van der Waals surface area contributed by atoms with E-state index in [4.69, 9.17) is 4.74 Å². The fourth-order valence-electron chi connectivity index (χ4n) is 2.25. The second-order valence-corrected chi connectivity index (χ2v) is 5.68. The number of methoxy groups -OCH3 is 1. The molecule has 1 aromatic carbocycles. The molecule has 1 aromatic rings. The predicted molar refractivity (Wildman–Crippen MR) is 67.4 cm³/mol. The number of ether oxygens (including phenoxy) is 1. The standard InChI is InChI=1S/C13H16BrFO2/c1-17-8-13(16,10-2-3-10)7-9-4-11(14)6-12(15)5-9/h4-6,10,16H,2-3,7-8H2,1H3. The van der Waals surface area contributed by atoms with Crippen LogP contribution in [-0.2, 0) is 11.2 Å². The Bertz CT molecular complexity index is 386. The van der Waals surface area contributed by atoms with Gasteiger partial charge in [-0.05, 0) is 42.5 Å². The number of hydrogen-bond acceptors (Lipinski definition) is 2. The number of rotatable bonds is 5. The maximum Gasteiger partial charge on any atom is 0.124 e. The quantitative estimate of drug-likeness (QED) is 0.906. The first kappa shape index (κ1) is 13.0. The molecule has 0 aliphatic heterocycles. The van der Waals surface area contributed by atoms with Gasteiger partial charge < -0.3 is 9.84 Å². The first-order valence-electron chi connectivity index (χ1n) is 5.70. The zero-order chi connectivity index (χ0) is 12.5. The molecular weight excluding hydrogens is 287 g/mol. The van der Waals surface area contributed by atoms with Gasteiger partial charge in [0.15, 0.2) is 0 Å². The molecule has 2 rings (SSSR count). The van der Waals surface area contributed by atoms with Crippen molar-refractivity contribution >= 4 is 15.9 Å². The summed E-state index contributed by atoms with van der Waals surface area (Å²) < 4.78 is 19.0. The second-order valence-electron chi connectivity index (χ2n) is 4.77. The van der Waals surface area contributed by atoms with E-state index in [9.17, 15) is 9.50 Å². The summed E-state index contributed by atoms with van der Waals surface area (Å²) in [6, 6.07) is 4.72. The topological polar surface area (TPSA) is 29.5 Å². The fraction of sp³-hybridized carbons (Fsp3) is 0.538. The number of hydrogen-bond donors (Lipinski definition) is 1. The van der Waals surface area contributed by atoms with Gasteiger partial charge in [-0.3, -0.25) is 0 Å². The van der Waals surface area contributed by atoms with Gasteiger partial charge in [0, 0.05) is 18.0 Å². The van der Waals surface area contributed by atoms with Gasteiger partial charge in [0.05, 0.1) is 12.2 Å². The van der Waals surface area contributed by atoms with Gasteiger partial charge in [-0.15, -0.1) is 0 Å². The molecule has 0 saturated heterocycles. The highest BCUT2D eigenvalue weighted by atomic mass is 79.9. The summed E-state index contributed by atoms with van der Waals surface area (Å²) in [6.07, 6.45) is 2.48. The minimum Gasteiger partial charge on any atom is -0.387 e. The van der Waals surface area contributed by atoms with Crippen molar-refractivity contribution in [1.82, 2.24) is 0 Å². The maximum absolute atomic E-state index is 13.3. The highest BCUT2D eigenvalue weighted by Gasteiger charge is 2.43. The Balaban J connectivity index is 2.16. The Morgan fingerprint density at radius 1 is 1.47 bits per heavy atom. The van der Waals surface area contributed by atoms with Crippen molar-refractivity contribution < 1.29 is 14.2 Å². The molecule has 1 aliphatic carbocycles. The molecule has 0 spiro atoms. The SMILES string of the molecule is COCC(O)(Cc1cc(F)cc(Br)c1)C1CC1. The van der Waals surface area contributed by atoms with Gasteiger partial charge in [-0.2, -0.15) is 0 Å². The minimum atomic E-state index is -0.859. The van der Waals surface area contributed by atoms with E-state index in [2.05, 4.69) is 15.9 Å². The molecule has 1 aliphatic rings. The van der Waals surface area contributed by atoms with Crippen LogP contribution in [0.1, 0.15) is 18.4 Å². The summed E-state index contributed by atoms with van der Waals surface area (Å²) in [4.78, 5) is 0. The molecule has 1 N–H and O–H groups in total. The van der Waals surface area contributed by atoms with E-state index in [-0.39, 0.29) is 11.7 Å². The third kappa shape index (κ3) is 3.27. The van der Waals surface area contributed by atoms with Gasteiger partial charge >= 0.3 is 0 Å². The third-order valence-electron chi connectivity index (χ3n) is 3.16. The number of benzene rings is 1. The van der Waals surface area contributed by atoms with Crippen LogP contribution in [0.3, 0.4) is 0 Å². The summed E-state index contributed by atoms with van der Waals surface area (Å²) in [7, 11) is 1.58. The molecule has 0 heterocycles. The molecular formula is C13H16BrFO2. The van der Waals surface area contributed by atoms with E-state index in [1.807, 2.05) is 6.07 Å². The van der Waals surface area contributed by atoms with Crippen LogP contribution in [0.2, 0.25) is 0 Å². The molecule has 0 aromatic heterocycles. The van der Waals surface area contributed by atoms with E-state index in [1.54, 1.807) is 7.11 Å². The largest absolute Gasteiger partial charge is 0.387 e. The first-order chi connectivity index (χ1) is 8.03. The summed E-state index contributed by atoms with van der Waals surface area (Å²) >= 11 is 3.26. The Morgan fingerprint density at radius 3 is 2.71 bits per heavy atom. The summed E-state index contributed by atoms with van der Waals surface area (Å²) in [5, 5.41) is 10.5. The lowest BCUT2D eigenvalue weighted by Gasteiger charge is -2.27. The van der Waals surface area contributed by atoms with Crippen LogP contribution >= 0.6 is 15.9 Å².